The second kappa shape index (κ2) is 5.76. The Kier molecular flexibility index (Phi) is 4.07. The monoisotopic (exact) mass is 274 g/mol. The Morgan fingerprint density at radius 2 is 1.89 bits per heavy atom. The lowest BCUT2D eigenvalue weighted by molar-refractivity contribution is 0.102. The number of benzene rings is 2. The fraction of sp³-hybridized carbons (Fsp3) is 0.133. The van der Waals surface area contributed by atoms with Gasteiger partial charge < -0.3 is 10.6 Å². The molecule has 0 aromatic heterocycles. The zero-order valence-corrected chi connectivity index (χ0v) is 11.6. The molecule has 0 fully saturated rings. The van der Waals surface area contributed by atoms with E-state index in [1.54, 1.807) is 19.2 Å². The van der Waals surface area contributed by atoms with E-state index in [0.717, 1.165) is 11.3 Å². The van der Waals surface area contributed by atoms with Gasteiger partial charge in [0, 0.05) is 23.4 Å². The lowest BCUT2D eigenvalue weighted by Crippen LogP contribution is -2.13. The summed E-state index contributed by atoms with van der Waals surface area (Å²) in [6.07, 6.45) is 0. The van der Waals surface area contributed by atoms with Gasteiger partial charge in [0.25, 0.3) is 5.91 Å². The van der Waals surface area contributed by atoms with Crippen LogP contribution in [0.5, 0.6) is 0 Å². The van der Waals surface area contributed by atoms with Crippen LogP contribution in [0, 0.1) is 6.92 Å². The van der Waals surface area contributed by atoms with Gasteiger partial charge in [-0.1, -0.05) is 29.8 Å². The predicted octanol–water partition coefficient (Wildman–Crippen LogP) is 3.94. The first kappa shape index (κ1) is 13.4. The molecule has 0 aliphatic heterocycles. The van der Waals surface area contributed by atoms with Crippen LogP contribution in [0.25, 0.3) is 0 Å². The van der Waals surface area contributed by atoms with E-state index < -0.39 is 0 Å². The molecule has 0 aliphatic carbocycles. The summed E-state index contributed by atoms with van der Waals surface area (Å²) in [5.41, 5.74) is 3.06. The molecule has 0 atom stereocenters. The van der Waals surface area contributed by atoms with Crippen LogP contribution in [-0.4, -0.2) is 13.0 Å². The van der Waals surface area contributed by atoms with E-state index in [1.807, 2.05) is 37.3 Å². The molecule has 3 nitrogen and oxygen atoms in total. The largest absolute Gasteiger partial charge is 0.387 e. The molecule has 0 saturated heterocycles. The maximum Gasteiger partial charge on any atom is 0.257 e. The Hall–Kier alpha value is -2.00. The number of para-hydroxylation sites is 1. The first-order chi connectivity index (χ1) is 9.11. The number of hydrogen-bond donors (Lipinski definition) is 2. The van der Waals surface area contributed by atoms with E-state index in [4.69, 9.17) is 11.6 Å². The molecule has 0 saturated carbocycles. The fourth-order valence-corrected chi connectivity index (χ4v) is 1.95. The quantitative estimate of drug-likeness (QED) is 0.890. The first-order valence-electron chi connectivity index (χ1n) is 5.96. The van der Waals surface area contributed by atoms with Crippen molar-refractivity contribution in [1.82, 2.24) is 0 Å². The highest BCUT2D eigenvalue weighted by molar-refractivity contribution is 6.31. The van der Waals surface area contributed by atoms with Gasteiger partial charge in [-0.3, -0.25) is 4.79 Å². The average Bonchev–Trinajstić information content (AvgIpc) is 2.43. The van der Waals surface area contributed by atoms with Crippen molar-refractivity contribution in [2.24, 2.45) is 0 Å². The predicted molar refractivity (Wildman–Crippen MR) is 80.1 cm³/mol. The van der Waals surface area contributed by atoms with Crippen molar-refractivity contribution in [3.8, 4) is 0 Å². The van der Waals surface area contributed by atoms with Crippen molar-refractivity contribution in [3.05, 3.63) is 58.6 Å². The molecule has 2 aromatic rings. The molecule has 0 aliphatic rings. The van der Waals surface area contributed by atoms with Crippen molar-refractivity contribution in [3.63, 3.8) is 0 Å². The van der Waals surface area contributed by atoms with E-state index in [0.29, 0.717) is 16.3 Å². The van der Waals surface area contributed by atoms with Crippen molar-refractivity contribution in [2.75, 3.05) is 17.7 Å². The van der Waals surface area contributed by atoms with Crippen molar-refractivity contribution < 1.29 is 4.79 Å². The fourth-order valence-electron chi connectivity index (χ4n) is 1.77. The Balaban J connectivity index is 2.23. The summed E-state index contributed by atoms with van der Waals surface area (Å²) in [5.74, 6) is -0.162. The van der Waals surface area contributed by atoms with E-state index in [-0.39, 0.29) is 5.91 Å². The maximum atomic E-state index is 12.2. The van der Waals surface area contributed by atoms with E-state index in [1.165, 1.54) is 0 Å². The first-order valence-corrected chi connectivity index (χ1v) is 6.34. The molecule has 4 heteroatoms. The van der Waals surface area contributed by atoms with Gasteiger partial charge in [-0.25, -0.2) is 0 Å². The van der Waals surface area contributed by atoms with Crippen molar-refractivity contribution in [1.29, 1.82) is 0 Å². The minimum Gasteiger partial charge on any atom is -0.387 e. The summed E-state index contributed by atoms with van der Waals surface area (Å²) >= 11 is 6.04. The highest BCUT2D eigenvalue weighted by Crippen LogP contribution is 2.21. The van der Waals surface area contributed by atoms with Crippen LogP contribution in [0.1, 0.15) is 15.9 Å². The van der Waals surface area contributed by atoms with E-state index >= 15 is 0 Å². The normalized spacial score (nSPS) is 10.1. The molecule has 0 radical (unpaired) electrons. The van der Waals surface area contributed by atoms with Crippen molar-refractivity contribution in [2.45, 2.75) is 6.92 Å². The van der Waals surface area contributed by atoms with Crippen LogP contribution in [0.4, 0.5) is 11.4 Å². The highest BCUT2D eigenvalue weighted by Gasteiger charge is 2.10. The molecule has 2 rings (SSSR count). The number of halogens is 1. The zero-order chi connectivity index (χ0) is 13.8. The summed E-state index contributed by atoms with van der Waals surface area (Å²) in [7, 11) is 1.79. The Bertz CT molecular complexity index is 611. The third kappa shape index (κ3) is 3.06. The van der Waals surface area contributed by atoms with Crippen LogP contribution in [0.2, 0.25) is 5.02 Å². The summed E-state index contributed by atoms with van der Waals surface area (Å²) < 4.78 is 0. The molecule has 0 spiro atoms. The second-order valence-corrected chi connectivity index (χ2v) is 4.62. The summed E-state index contributed by atoms with van der Waals surface area (Å²) in [6, 6.07) is 12.8. The van der Waals surface area contributed by atoms with Gasteiger partial charge in [0.05, 0.1) is 5.56 Å². The second-order valence-electron chi connectivity index (χ2n) is 4.21. The van der Waals surface area contributed by atoms with Gasteiger partial charge in [-0.2, -0.15) is 0 Å². The van der Waals surface area contributed by atoms with Crippen LogP contribution in [0.15, 0.2) is 42.5 Å². The number of nitrogens with one attached hydrogen (secondary N) is 2. The standard InChI is InChI=1S/C15H15ClN2O/c1-10-7-8-11(9-13(10)16)18-15(19)12-5-3-4-6-14(12)17-2/h3-9,17H,1-2H3,(H,18,19). The molecule has 2 N–H and O–H groups in total. The molecule has 0 bridgehead atoms. The number of aryl methyl sites for hydroxylation is 1. The molecular weight excluding hydrogens is 260 g/mol. The van der Waals surface area contributed by atoms with Crippen LogP contribution < -0.4 is 10.6 Å². The zero-order valence-electron chi connectivity index (χ0n) is 10.8. The topological polar surface area (TPSA) is 41.1 Å². The van der Waals surface area contributed by atoms with Crippen molar-refractivity contribution >= 4 is 28.9 Å². The highest BCUT2D eigenvalue weighted by atomic mass is 35.5. The smallest absolute Gasteiger partial charge is 0.257 e. The number of carbonyl (C=O) groups excluding carboxylic acids is 1. The molecule has 98 valence electrons. The lowest BCUT2D eigenvalue weighted by Gasteiger charge is -2.10. The minimum atomic E-state index is -0.162. The Morgan fingerprint density at radius 1 is 1.16 bits per heavy atom. The van der Waals surface area contributed by atoms with Crippen LogP contribution in [-0.2, 0) is 0 Å². The number of anilines is 2. The average molecular weight is 275 g/mol. The van der Waals surface area contributed by atoms with E-state index in [9.17, 15) is 4.79 Å². The molecule has 19 heavy (non-hydrogen) atoms. The molecular formula is C15H15ClN2O. The number of carbonyl (C=O) groups is 1. The third-order valence-electron chi connectivity index (χ3n) is 2.87. The van der Waals surface area contributed by atoms with Gasteiger partial charge in [0.2, 0.25) is 0 Å². The van der Waals surface area contributed by atoms with Crippen LogP contribution >= 0.6 is 11.6 Å². The maximum absolute atomic E-state index is 12.2. The third-order valence-corrected chi connectivity index (χ3v) is 3.28. The molecule has 0 unspecified atom stereocenters. The molecule has 1 amide bonds. The molecule has 2 aromatic carbocycles. The summed E-state index contributed by atoms with van der Waals surface area (Å²) in [4.78, 5) is 12.2. The Labute approximate surface area is 117 Å². The number of rotatable bonds is 3. The summed E-state index contributed by atoms with van der Waals surface area (Å²) in [6.45, 7) is 1.92. The summed E-state index contributed by atoms with van der Waals surface area (Å²) in [5, 5.41) is 6.47. The molecule has 0 heterocycles. The van der Waals surface area contributed by atoms with Gasteiger partial charge in [-0.15, -0.1) is 0 Å². The lowest BCUT2D eigenvalue weighted by atomic mass is 10.1. The van der Waals surface area contributed by atoms with Gasteiger partial charge >= 0.3 is 0 Å². The van der Waals surface area contributed by atoms with Gasteiger partial charge in [0.1, 0.15) is 0 Å². The number of amides is 1. The number of hydrogen-bond acceptors (Lipinski definition) is 2. The SMILES string of the molecule is CNc1ccccc1C(=O)Nc1ccc(C)c(Cl)c1. The van der Waals surface area contributed by atoms with Crippen LogP contribution in [0.3, 0.4) is 0 Å². The van der Waals surface area contributed by atoms with Gasteiger partial charge in [0.15, 0.2) is 0 Å². The minimum absolute atomic E-state index is 0.162. The van der Waals surface area contributed by atoms with E-state index in [2.05, 4.69) is 10.6 Å². The Morgan fingerprint density at radius 3 is 2.58 bits per heavy atom. The van der Waals surface area contributed by atoms with Gasteiger partial charge in [-0.05, 0) is 36.8 Å².